The highest BCUT2D eigenvalue weighted by atomic mass is 16.4. The molecule has 25 heavy (non-hydrogen) atoms. The van der Waals surface area contributed by atoms with Crippen LogP contribution in [0.1, 0.15) is 59.6 Å². The molecule has 1 heterocycles. The molecule has 1 atom stereocenters. The molecule has 0 saturated carbocycles. The minimum Gasteiger partial charge on any atom is -0.481 e. The summed E-state index contributed by atoms with van der Waals surface area (Å²) in [6.07, 6.45) is 1.11. The molecule has 2 aromatic rings. The first-order valence-corrected chi connectivity index (χ1v) is 8.26. The fourth-order valence-corrected chi connectivity index (χ4v) is 2.95. The molecule has 5 heteroatoms. The highest BCUT2D eigenvalue weighted by molar-refractivity contribution is 5.97. The van der Waals surface area contributed by atoms with Crippen molar-refractivity contribution in [2.75, 3.05) is 0 Å². The van der Waals surface area contributed by atoms with Gasteiger partial charge >= 0.3 is 5.97 Å². The second-order valence-electron chi connectivity index (χ2n) is 7.42. The number of hydrogen-bond donors (Lipinski definition) is 2. The number of aliphatic carboxylic acids is 1. The van der Waals surface area contributed by atoms with Crippen LogP contribution in [0, 0.1) is 19.3 Å². The fraction of sp³-hybridized carbons (Fsp3) is 0.400. The van der Waals surface area contributed by atoms with Crippen LogP contribution in [0.4, 0.5) is 0 Å². The molecule has 1 aromatic heterocycles. The Kier molecular flexibility index (Phi) is 5.36. The number of rotatable bonds is 5. The van der Waals surface area contributed by atoms with E-state index in [1.807, 2.05) is 31.2 Å². The fourth-order valence-electron chi connectivity index (χ4n) is 2.95. The van der Waals surface area contributed by atoms with Gasteiger partial charge in [-0.3, -0.25) is 9.59 Å². The van der Waals surface area contributed by atoms with E-state index in [0.29, 0.717) is 11.1 Å². The SMILES string of the molecule is Cc1ccccc1C(NC(=O)c1c(C)coc1CC(=O)O)C(C)(C)C. The number of carbonyl (C=O) groups excluding carboxylic acids is 1. The highest BCUT2D eigenvalue weighted by Gasteiger charge is 2.31. The van der Waals surface area contributed by atoms with Crippen LogP contribution >= 0.6 is 0 Å². The summed E-state index contributed by atoms with van der Waals surface area (Å²) >= 11 is 0. The molecule has 0 radical (unpaired) electrons. The normalized spacial score (nSPS) is 12.7. The molecule has 0 bridgehead atoms. The van der Waals surface area contributed by atoms with Gasteiger partial charge in [-0.1, -0.05) is 45.0 Å². The second kappa shape index (κ2) is 7.13. The van der Waals surface area contributed by atoms with Crippen molar-refractivity contribution in [1.29, 1.82) is 0 Å². The van der Waals surface area contributed by atoms with Crippen molar-refractivity contribution in [3.8, 4) is 0 Å². The molecule has 0 aliphatic rings. The van der Waals surface area contributed by atoms with Crippen LogP contribution in [-0.4, -0.2) is 17.0 Å². The van der Waals surface area contributed by atoms with E-state index in [9.17, 15) is 9.59 Å². The van der Waals surface area contributed by atoms with E-state index in [1.54, 1.807) is 6.92 Å². The molecule has 0 fully saturated rings. The number of carboxylic acids is 1. The van der Waals surface area contributed by atoms with Crippen molar-refractivity contribution < 1.29 is 19.1 Å². The Morgan fingerprint density at radius 1 is 1.16 bits per heavy atom. The third kappa shape index (κ3) is 4.29. The molecule has 0 aliphatic heterocycles. The van der Waals surface area contributed by atoms with Crippen molar-refractivity contribution in [3.05, 3.63) is 58.5 Å². The lowest BCUT2D eigenvalue weighted by Gasteiger charge is -2.33. The topological polar surface area (TPSA) is 79.5 Å². The molecular weight excluding hydrogens is 318 g/mol. The van der Waals surface area contributed by atoms with E-state index in [1.165, 1.54) is 6.26 Å². The first-order chi connectivity index (χ1) is 11.6. The van der Waals surface area contributed by atoms with E-state index >= 15 is 0 Å². The number of amides is 1. The molecule has 134 valence electrons. The lowest BCUT2D eigenvalue weighted by molar-refractivity contribution is -0.136. The van der Waals surface area contributed by atoms with Crippen molar-refractivity contribution in [3.63, 3.8) is 0 Å². The van der Waals surface area contributed by atoms with Crippen molar-refractivity contribution in [2.24, 2.45) is 5.41 Å². The van der Waals surface area contributed by atoms with E-state index in [2.05, 4.69) is 26.1 Å². The lowest BCUT2D eigenvalue weighted by atomic mass is 9.80. The van der Waals surface area contributed by atoms with Crippen molar-refractivity contribution >= 4 is 11.9 Å². The Labute approximate surface area is 148 Å². The molecule has 0 saturated heterocycles. The van der Waals surface area contributed by atoms with Crippen LogP contribution in [0.5, 0.6) is 0 Å². The molecule has 0 aliphatic carbocycles. The van der Waals surface area contributed by atoms with Gasteiger partial charge in [-0.05, 0) is 30.4 Å². The van der Waals surface area contributed by atoms with Gasteiger partial charge in [-0.25, -0.2) is 0 Å². The highest BCUT2D eigenvalue weighted by Crippen LogP contribution is 2.35. The zero-order chi connectivity index (χ0) is 18.8. The van der Waals surface area contributed by atoms with Crippen LogP contribution in [-0.2, 0) is 11.2 Å². The average Bonchev–Trinajstić information content (AvgIpc) is 2.84. The quantitative estimate of drug-likeness (QED) is 0.858. The molecule has 2 rings (SSSR count). The predicted molar refractivity (Wildman–Crippen MR) is 95.6 cm³/mol. The summed E-state index contributed by atoms with van der Waals surface area (Å²) in [7, 11) is 0. The van der Waals surface area contributed by atoms with Crippen molar-refractivity contribution in [1.82, 2.24) is 5.32 Å². The number of carbonyl (C=O) groups is 2. The number of carboxylic acid groups (broad SMARTS) is 1. The number of furan rings is 1. The maximum atomic E-state index is 12.9. The standard InChI is InChI=1S/C20H25NO4/c1-12-8-6-7-9-14(12)18(20(3,4)5)21-19(24)17-13(2)11-25-15(17)10-16(22)23/h6-9,11,18H,10H2,1-5H3,(H,21,24)(H,22,23). The molecule has 5 nitrogen and oxygen atoms in total. The summed E-state index contributed by atoms with van der Waals surface area (Å²) < 4.78 is 5.28. The maximum absolute atomic E-state index is 12.9. The third-order valence-corrected chi connectivity index (χ3v) is 4.23. The third-order valence-electron chi connectivity index (χ3n) is 4.23. The van der Waals surface area contributed by atoms with Gasteiger partial charge in [0.25, 0.3) is 5.91 Å². The summed E-state index contributed by atoms with van der Waals surface area (Å²) in [6, 6.07) is 7.72. The summed E-state index contributed by atoms with van der Waals surface area (Å²) in [4.78, 5) is 23.9. The number of benzene rings is 1. The molecule has 2 N–H and O–H groups in total. The first-order valence-electron chi connectivity index (χ1n) is 8.26. The van der Waals surface area contributed by atoms with Gasteiger partial charge in [0.15, 0.2) is 0 Å². The van der Waals surface area contributed by atoms with Crippen molar-refractivity contribution in [2.45, 2.75) is 47.1 Å². The Bertz CT molecular complexity index is 783. The van der Waals surface area contributed by atoms with Gasteiger partial charge in [0.05, 0.1) is 17.9 Å². The van der Waals surface area contributed by atoms with Crippen LogP contribution in [0.3, 0.4) is 0 Å². The predicted octanol–water partition coefficient (Wildman–Crippen LogP) is 4.04. The number of hydrogen-bond acceptors (Lipinski definition) is 3. The van der Waals surface area contributed by atoms with Crippen LogP contribution in [0.25, 0.3) is 0 Å². The van der Waals surface area contributed by atoms with Crippen LogP contribution in [0.15, 0.2) is 34.9 Å². The molecule has 0 spiro atoms. The summed E-state index contributed by atoms with van der Waals surface area (Å²) in [6.45, 7) is 9.93. The van der Waals surface area contributed by atoms with Crippen LogP contribution < -0.4 is 5.32 Å². The average molecular weight is 343 g/mol. The van der Waals surface area contributed by atoms with Gasteiger partial charge in [0, 0.05) is 5.56 Å². The van der Waals surface area contributed by atoms with Gasteiger partial charge in [0.1, 0.15) is 12.2 Å². The first kappa shape index (κ1) is 18.8. The van der Waals surface area contributed by atoms with E-state index < -0.39 is 5.97 Å². The molecular formula is C20H25NO4. The maximum Gasteiger partial charge on any atom is 0.311 e. The molecule has 1 unspecified atom stereocenters. The van der Waals surface area contributed by atoms with Crippen LogP contribution in [0.2, 0.25) is 0 Å². The van der Waals surface area contributed by atoms with E-state index in [0.717, 1.165) is 11.1 Å². The Balaban J connectivity index is 2.38. The Morgan fingerprint density at radius 3 is 2.36 bits per heavy atom. The number of aryl methyl sites for hydroxylation is 2. The summed E-state index contributed by atoms with van der Waals surface area (Å²) in [5.41, 5.74) is 2.87. The van der Waals surface area contributed by atoms with Gasteiger partial charge in [0.2, 0.25) is 0 Å². The molecule has 1 amide bonds. The van der Waals surface area contributed by atoms with Gasteiger partial charge < -0.3 is 14.8 Å². The monoisotopic (exact) mass is 343 g/mol. The Hall–Kier alpha value is -2.56. The number of nitrogens with one attached hydrogen (secondary N) is 1. The van der Waals surface area contributed by atoms with Gasteiger partial charge in [-0.15, -0.1) is 0 Å². The van der Waals surface area contributed by atoms with E-state index in [-0.39, 0.29) is 29.5 Å². The molecule has 1 aromatic carbocycles. The second-order valence-corrected chi connectivity index (χ2v) is 7.42. The minimum absolute atomic E-state index is 0.181. The van der Waals surface area contributed by atoms with Gasteiger partial charge in [-0.2, -0.15) is 0 Å². The lowest BCUT2D eigenvalue weighted by Crippen LogP contribution is -2.37. The minimum atomic E-state index is -1.03. The zero-order valence-corrected chi connectivity index (χ0v) is 15.3. The summed E-state index contributed by atoms with van der Waals surface area (Å²) in [5.74, 6) is -1.17. The largest absolute Gasteiger partial charge is 0.481 e. The smallest absolute Gasteiger partial charge is 0.311 e. The zero-order valence-electron chi connectivity index (χ0n) is 15.3. The van der Waals surface area contributed by atoms with E-state index in [4.69, 9.17) is 9.52 Å². The summed E-state index contributed by atoms with van der Waals surface area (Å²) in [5, 5.41) is 12.1. The Morgan fingerprint density at radius 2 is 1.80 bits per heavy atom.